The summed E-state index contributed by atoms with van der Waals surface area (Å²) in [6.45, 7) is 1.90. The van der Waals surface area contributed by atoms with Crippen LogP contribution in [0.2, 0.25) is 0 Å². The standard InChI is InChI=1S/C16H25N3O2/c17-15(20)13-8-18-1-2-19(13)16(21)14-11-4-9-3-10(6-11)7-12(14)5-9/h9-14,18H,1-8H2,(H2,17,20). The first-order valence-electron chi connectivity index (χ1n) is 8.44. The minimum Gasteiger partial charge on any atom is -0.368 e. The number of piperazine rings is 1. The molecule has 0 aromatic carbocycles. The van der Waals surface area contributed by atoms with Gasteiger partial charge in [0.1, 0.15) is 6.04 Å². The van der Waals surface area contributed by atoms with Gasteiger partial charge in [-0.25, -0.2) is 0 Å². The lowest BCUT2D eigenvalue weighted by atomic mass is 9.51. The van der Waals surface area contributed by atoms with Gasteiger partial charge in [-0.2, -0.15) is 0 Å². The van der Waals surface area contributed by atoms with Gasteiger partial charge in [0.15, 0.2) is 0 Å². The quantitative estimate of drug-likeness (QED) is 0.770. The normalized spacial score (nSPS) is 44.9. The van der Waals surface area contributed by atoms with Crippen LogP contribution < -0.4 is 11.1 Å². The fraction of sp³-hybridized carbons (Fsp3) is 0.875. The van der Waals surface area contributed by atoms with E-state index in [0.29, 0.717) is 24.9 Å². The lowest BCUT2D eigenvalue weighted by molar-refractivity contribution is -0.155. The highest BCUT2D eigenvalue weighted by Crippen LogP contribution is 2.56. The number of hydrogen-bond acceptors (Lipinski definition) is 3. The SMILES string of the molecule is NC(=O)C1CNCCN1C(=O)C1C2CC3CC(C2)CC1C3. The Hall–Kier alpha value is -1.10. The molecule has 4 bridgehead atoms. The van der Waals surface area contributed by atoms with Gasteiger partial charge in [0.25, 0.3) is 0 Å². The zero-order chi connectivity index (χ0) is 14.6. The van der Waals surface area contributed by atoms with Crippen LogP contribution in [0.15, 0.2) is 0 Å². The highest BCUT2D eigenvalue weighted by atomic mass is 16.2. The predicted octanol–water partition coefficient (Wildman–Crippen LogP) is 0.344. The molecule has 1 atom stereocenters. The Bertz CT molecular complexity index is 436. The molecule has 5 rings (SSSR count). The van der Waals surface area contributed by atoms with Crippen LogP contribution in [0.4, 0.5) is 0 Å². The number of carbonyl (C=O) groups is 2. The Kier molecular flexibility index (Phi) is 3.21. The molecule has 1 aliphatic heterocycles. The Morgan fingerprint density at radius 3 is 2.19 bits per heavy atom. The first kappa shape index (κ1) is 13.6. The molecule has 5 heteroatoms. The van der Waals surface area contributed by atoms with Gasteiger partial charge in [-0.15, -0.1) is 0 Å². The molecule has 0 spiro atoms. The lowest BCUT2D eigenvalue weighted by Gasteiger charge is -2.54. The van der Waals surface area contributed by atoms with E-state index in [2.05, 4.69) is 5.32 Å². The van der Waals surface area contributed by atoms with Crippen molar-refractivity contribution in [2.75, 3.05) is 19.6 Å². The number of nitrogens with one attached hydrogen (secondary N) is 1. The smallest absolute Gasteiger partial charge is 0.241 e. The van der Waals surface area contributed by atoms with Crippen molar-refractivity contribution in [2.24, 2.45) is 35.3 Å². The van der Waals surface area contributed by atoms with Gasteiger partial charge in [-0.3, -0.25) is 9.59 Å². The summed E-state index contributed by atoms with van der Waals surface area (Å²) in [5, 5.41) is 3.17. The van der Waals surface area contributed by atoms with Crippen molar-refractivity contribution < 1.29 is 9.59 Å². The van der Waals surface area contributed by atoms with Crippen molar-refractivity contribution in [3.63, 3.8) is 0 Å². The van der Waals surface area contributed by atoms with Crippen LogP contribution in [-0.2, 0) is 9.59 Å². The van der Waals surface area contributed by atoms with Crippen molar-refractivity contribution in [3.05, 3.63) is 0 Å². The maximum Gasteiger partial charge on any atom is 0.241 e. The van der Waals surface area contributed by atoms with E-state index in [-0.39, 0.29) is 17.7 Å². The maximum absolute atomic E-state index is 13.1. The Morgan fingerprint density at radius 1 is 1.00 bits per heavy atom. The monoisotopic (exact) mass is 291 g/mol. The Balaban J connectivity index is 1.55. The molecule has 116 valence electrons. The predicted molar refractivity (Wildman–Crippen MR) is 78.1 cm³/mol. The lowest BCUT2D eigenvalue weighted by Crippen LogP contribution is -2.62. The molecule has 1 saturated heterocycles. The average molecular weight is 291 g/mol. The Morgan fingerprint density at radius 2 is 1.62 bits per heavy atom. The van der Waals surface area contributed by atoms with Gasteiger partial charge < -0.3 is 16.0 Å². The number of primary amides is 1. The molecular weight excluding hydrogens is 266 g/mol. The van der Waals surface area contributed by atoms with E-state index in [4.69, 9.17) is 5.73 Å². The van der Waals surface area contributed by atoms with Gasteiger partial charge >= 0.3 is 0 Å². The highest BCUT2D eigenvalue weighted by Gasteiger charge is 2.52. The van der Waals surface area contributed by atoms with Gasteiger partial charge in [0.05, 0.1) is 0 Å². The summed E-state index contributed by atoms with van der Waals surface area (Å²) in [6.07, 6.45) is 6.33. The molecule has 21 heavy (non-hydrogen) atoms. The van der Waals surface area contributed by atoms with E-state index in [1.54, 1.807) is 4.90 Å². The summed E-state index contributed by atoms with van der Waals surface area (Å²) in [5.74, 6) is 2.87. The van der Waals surface area contributed by atoms with Crippen LogP contribution in [0.5, 0.6) is 0 Å². The summed E-state index contributed by atoms with van der Waals surface area (Å²) < 4.78 is 0. The first-order chi connectivity index (χ1) is 10.1. The molecule has 5 fully saturated rings. The van der Waals surface area contributed by atoms with Crippen molar-refractivity contribution in [3.8, 4) is 0 Å². The van der Waals surface area contributed by atoms with Crippen LogP contribution in [-0.4, -0.2) is 42.4 Å². The second-order valence-corrected chi connectivity index (χ2v) is 7.61. The molecule has 0 aromatic rings. The fourth-order valence-corrected chi connectivity index (χ4v) is 5.74. The molecule has 3 N–H and O–H groups in total. The molecule has 0 aromatic heterocycles. The molecule has 4 saturated carbocycles. The zero-order valence-electron chi connectivity index (χ0n) is 12.5. The number of nitrogens with zero attached hydrogens (tertiary/aromatic N) is 1. The van der Waals surface area contributed by atoms with E-state index >= 15 is 0 Å². The second kappa shape index (κ2) is 4.97. The van der Waals surface area contributed by atoms with Gasteiger partial charge in [0.2, 0.25) is 11.8 Å². The minimum absolute atomic E-state index is 0.165. The van der Waals surface area contributed by atoms with E-state index in [1.807, 2.05) is 0 Å². The van der Waals surface area contributed by atoms with Crippen LogP contribution in [0.25, 0.3) is 0 Å². The maximum atomic E-state index is 13.1. The van der Waals surface area contributed by atoms with Crippen LogP contribution >= 0.6 is 0 Å². The number of nitrogens with two attached hydrogens (primary N) is 1. The highest BCUT2D eigenvalue weighted by molar-refractivity contribution is 5.88. The van der Waals surface area contributed by atoms with Gasteiger partial charge in [-0.1, -0.05) is 0 Å². The van der Waals surface area contributed by atoms with Crippen LogP contribution in [0.3, 0.4) is 0 Å². The van der Waals surface area contributed by atoms with Crippen molar-refractivity contribution >= 4 is 11.8 Å². The molecule has 5 nitrogen and oxygen atoms in total. The van der Waals surface area contributed by atoms with Crippen LogP contribution in [0.1, 0.15) is 32.1 Å². The van der Waals surface area contributed by atoms with E-state index in [0.717, 1.165) is 18.4 Å². The van der Waals surface area contributed by atoms with Crippen LogP contribution in [0, 0.1) is 29.6 Å². The number of hydrogen-bond donors (Lipinski definition) is 2. The van der Waals surface area contributed by atoms with Gasteiger partial charge in [-0.05, 0) is 55.8 Å². The molecule has 0 radical (unpaired) electrons. The van der Waals surface area contributed by atoms with Crippen molar-refractivity contribution in [1.29, 1.82) is 0 Å². The number of rotatable bonds is 2. The third-order valence-corrected chi connectivity index (χ3v) is 6.37. The summed E-state index contributed by atoms with van der Waals surface area (Å²) in [4.78, 5) is 26.5. The zero-order valence-corrected chi connectivity index (χ0v) is 12.5. The largest absolute Gasteiger partial charge is 0.368 e. The van der Waals surface area contributed by atoms with Crippen molar-refractivity contribution in [2.45, 2.75) is 38.1 Å². The molecule has 2 amide bonds. The fourth-order valence-electron chi connectivity index (χ4n) is 5.74. The molecule has 1 heterocycles. The summed E-state index contributed by atoms with van der Waals surface area (Å²) in [7, 11) is 0. The molecular formula is C16H25N3O2. The summed E-state index contributed by atoms with van der Waals surface area (Å²) in [6, 6.07) is -0.455. The number of amides is 2. The Labute approximate surface area is 125 Å². The van der Waals surface area contributed by atoms with Gasteiger partial charge in [0, 0.05) is 25.6 Å². The average Bonchev–Trinajstić information content (AvgIpc) is 2.46. The summed E-state index contributed by atoms with van der Waals surface area (Å²) >= 11 is 0. The second-order valence-electron chi connectivity index (χ2n) is 7.61. The van der Waals surface area contributed by atoms with E-state index in [1.165, 1.54) is 32.1 Å². The molecule has 1 unspecified atom stereocenters. The topological polar surface area (TPSA) is 75.4 Å². The first-order valence-corrected chi connectivity index (χ1v) is 8.44. The van der Waals surface area contributed by atoms with E-state index in [9.17, 15) is 9.59 Å². The van der Waals surface area contributed by atoms with E-state index < -0.39 is 6.04 Å². The third kappa shape index (κ3) is 2.17. The molecule has 4 aliphatic carbocycles. The number of carbonyl (C=O) groups excluding carboxylic acids is 2. The summed E-state index contributed by atoms with van der Waals surface area (Å²) in [5.41, 5.74) is 5.50. The minimum atomic E-state index is -0.455. The third-order valence-electron chi connectivity index (χ3n) is 6.37. The van der Waals surface area contributed by atoms with Crippen molar-refractivity contribution in [1.82, 2.24) is 10.2 Å². The molecule has 5 aliphatic rings.